The van der Waals surface area contributed by atoms with Crippen LogP contribution in [-0.4, -0.2) is 33.4 Å². The second-order valence-corrected chi connectivity index (χ2v) is 6.89. The van der Waals surface area contributed by atoms with Crippen molar-refractivity contribution in [2.75, 3.05) is 13.1 Å². The summed E-state index contributed by atoms with van der Waals surface area (Å²) in [6.45, 7) is 4.65. The number of halogens is 2. The fourth-order valence-corrected chi connectivity index (χ4v) is 3.59. The van der Waals surface area contributed by atoms with E-state index in [2.05, 4.69) is 35.7 Å². The second kappa shape index (κ2) is 7.03. The summed E-state index contributed by atoms with van der Waals surface area (Å²) in [6, 6.07) is 7.46. The number of aromatic nitrogens is 2. The molecule has 1 N–H and O–H groups in total. The molecule has 0 saturated carbocycles. The lowest BCUT2D eigenvalue weighted by molar-refractivity contribution is -0.123. The molecule has 1 atom stereocenters. The first-order valence-electron chi connectivity index (χ1n) is 7.50. The minimum Gasteiger partial charge on any atom is -0.348 e. The standard InChI is InChI=1S/C16H18BrClN4O/c1-11(12-4-2-3-5-13(12)18)20-16(23)10-21-6-7-22-14(17)8-19-15(22)9-21/h2-5,8,11H,6-7,9-10H2,1H3,(H,20,23)/t11-/m0/s1. The molecule has 0 fully saturated rings. The summed E-state index contributed by atoms with van der Waals surface area (Å²) in [5, 5.41) is 3.68. The molecule has 0 aliphatic carbocycles. The normalized spacial score (nSPS) is 16.0. The van der Waals surface area contributed by atoms with Crippen molar-refractivity contribution in [2.24, 2.45) is 0 Å². The van der Waals surface area contributed by atoms with E-state index in [4.69, 9.17) is 11.6 Å². The number of fused-ring (bicyclic) bond motifs is 1. The predicted molar refractivity (Wildman–Crippen MR) is 93.2 cm³/mol. The largest absolute Gasteiger partial charge is 0.348 e. The van der Waals surface area contributed by atoms with Crippen LogP contribution >= 0.6 is 27.5 Å². The van der Waals surface area contributed by atoms with Gasteiger partial charge in [0.05, 0.1) is 25.3 Å². The van der Waals surface area contributed by atoms with Gasteiger partial charge in [-0.15, -0.1) is 0 Å². The minimum absolute atomic E-state index is 0.00325. The van der Waals surface area contributed by atoms with E-state index in [1.807, 2.05) is 31.2 Å². The molecular formula is C16H18BrClN4O. The summed E-state index contributed by atoms with van der Waals surface area (Å²) >= 11 is 9.65. The van der Waals surface area contributed by atoms with Gasteiger partial charge in [-0.05, 0) is 34.5 Å². The highest BCUT2D eigenvalue weighted by Gasteiger charge is 2.21. The quantitative estimate of drug-likeness (QED) is 0.863. The third-order valence-electron chi connectivity index (χ3n) is 4.01. The third-order valence-corrected chi connectivity index (χ3v) is 4.99. The summed E-state index contributed by atoms with van der Waals surface area (Å²) < 4.78 is 3.12. The molecule has 1 aliphatic heterocycles. The van der Waals surface area contributed by atoms with Gasteiger partial charge in [0.15, 0.2) is 0 Å². The van der Waals surface area contributed by atoms with Gasteiger partial charge in [-0.2, -0.15) is 0 Å². The Labute approximate surface area is 148 Å². The number of nitrogens with zero attached hydrogens (tertiary/aromatic N) is 3. The summed E-state index contributed by atoms with van der Waals surface area (Å²) in [7, 11) is 0. The zero-order chi connectivity index (χ0) is 16.4. The third kappa shape index (κ3) is 3.76. The average Bonchev–Trinajstić information content (AvgIpc) is 2.88. The molecule has 1 amide bonds. The van der Waals surface area contributed by atoms with Crippen LogP contribution in [0, 0.1) is 0 Å². The van der Waals surface area contributed by atoms with Crippen LogP contribution in [0.1, 0.15) is 24.4 Å². The van der Waals surface area contributed by atoms with E-state index in [0.29, 0.717) is 18.1 Å². The number of carbonyl (C=O) groups excluding carboxylic acids is 1. The molecule has 23 heavy (non-hydrogen) atoms. The van der Waals surface area contributed by atoms with Crippen LogP contribution in [0.25, 0.3) is 0 Å². The molecule has 0 spiro atoms. The Morgan fingerprint density at radius 2 is 2.22 bits per heavy atom. The maximum atomic E-state index is 12.3. The topological polar surface area (TPSA) is 50.2 Å². The summed E-state index contributed by atoms with van der Waals surface area (Å²) in [5.41, 5.74) is 0.931. The molecule has 0 saturated heterocycles. The van der Waals surface area contributed by atoms with E-state index >= 15 is 0 Å². The van der Waals surface area contributed by atoms with E-state index in [0.717, 1.165) is 29.1 Å². The van der Waals surface area contributed by atoms with Crippen molar-refractivity contribution in [3.63, 3.8) is 0 Å². The van der Waals surface area contributed by atoms with Crippen molar-refractivity contribution < 1.29 is 4.79 Å². The van der Waals surface area contributed by atoms with E-state index in [1.165, 1.54) is 0 Å². The van der Waals surface area contributed by atoms with Gasteiger partial charge in [0.1, 0.15) is 10.4 Å². The molecule has 2 aromatic rings. The number of hydrogen-bond donors (Lipinski definition) is 1. The highest BCUT2D eigenvalue weighted by molar-refractivity contribution is 9.10. The van der Waals surface area contributed by atoms with Crippen LogP contribution in [0.5, 0.6) is 0 Å². The van der Waals surface area contributed by atoms with Crippen molar-refractivity contribution >= 4 is 33.4 Å². The van der Waals surface area contributed by atoms with Gasteiger partial charge in [-0.3, -0.25) is 9.69 Å². The lowest BCUT2D eigenvalue weighted by Crippen LogP contribution is -2.42. The highest BCUT2D eigenvalue weighted by atomic mass is 79.9. The lowest BCUT2D eigenvalue weighted by atomic mass is 10.1. The number of benzene rings is 1. The van der Waals surface area contributed by atoms with Gasteiger partial charge in [-0.1, -0.05) is 29.8 Å². The van der Waals surface area contributed by atoms with E-state index in [9.17, 15) is 4.79 Å². The molecule has 7 heteroatoms. The maximum Gasteiger partial charge on any atom is 0.234 e. The number of amides is 1. The monoisotopic (exact) mass is 396 g/mol. The Bertz CT molecular complexity index is 718. The second-order valence-electron chi connectivity index (χ2n) is 5.67. The molecule has 1 aliphatic rings. The van der Waals surface area contributed by atoms with Crippen LogP contribution in [0.4, 0.5) is 0 Å². The number of rotatable bonds is 4. The highest BCUT2D eigenvalue weighted by Crippen LogP contribution is 2.22. The minimum atomic E-state index is -0.114. The van der Waals surface area contributed by atoms with Crippen LogP contribution < -0.4 is 5.32 Å². The van der Waals surface area contributed by atoms with Gasteiger partial charge in [0.2, 0.25) is 5.91 Å². The average molecular weight is 398 g/mol. The Balaban J connectivity index is 1.57. The zero-order valence-electron chi connectivity index (χ0n) is 12.8. The van der Waals surface area contributed by atoms with Crippen molar-refractivity contribution in [3.8, 4) is 0 Å². The number of carbonyl (C=O) groups is 1. The molecule has 0 unspecified atom stereocenters. The fourth-order valence-electron chi connectivity index (χ4n) is 2.80. The van der Waals surface area contributed by atoms with Crippen molar-refractivity contribution in [2.45, 2.75) is 26.1 Å². The summed E-state index contributed by atoms with van der Waals surface area (Å²) in [5.74, 6) is 0.978. The van der Waals surface area contributed by atoms with E-state index in [1.54, 1.807) is 6.20 Å². The molecular weight excluding hydrogens is 380 g/mol. The van der Waals surface area contributed by atoms with Gasteiger partial charge < -0.3 is 9.88 Å². The van der Waals surface area contributed by atoms with Crippen molar-refractivity contribution in [3.05, 3.63) is 51.5 Å². The Morgan fingerprint density at radius 1 is 1.43 bits per heavy atom. The molecule has 3 rings (SSSR count). The van der Waals surface area contributed by atoms with E-state index < -0.39 is 0 Å². The number of hydrogen-bond acceptors (Lipinski definition) is 3. The molecule has 1 aromatic heterocycles. The van der Waals surface area contributed by atoms with Gasteiger partial charge in [-0.25, -0.2) is 4.98 Å². The first-order valence-corrected chi connectivity index (χ1v) is 8.67. The lowest BCUT2D eigenvalue weighted by Gasteiger charge is -2.28. The number of imidazole rings is 1. The Hall–Kier alpha value is -1.37. The van der Waals surface area contributed by atoms with Gasteiger partial charge in [0, 0.05) is 18.1 Å². The van der Waals surface area contributed by atoms with E-state index in [-0.39, 0.29) is 11.9 Å². The molecule has 1 aromatic carbocycles. The molecule has 5 nitrogen and oxygen atoms in total. The summed E-state index contributed by atoms with van der Waals surface area (Å²) in [4.78, 5) is 18.8. The SMILES string of the molecule is C[C@H](NC(=O)CN1CCn2c(Br)cnc2C1)c1ccccc1Cl. The van der Waals surface area contributed by atoms with Gasteiger partial charge >= 0.3 is 0 Å². The predicted octanol–water partition coefficient (Wildman–Crippen LogP) is 2.99. The number of nitrogens with one attached hydrogen (secondary N) is 1. The Kier molecular flexibility index (Phi) is 5.04. The van der Waals surface area contributed by atoms with Crippen LogP contribution in [0.2, 0.25) is 5.02 Å². The zero-order valence-corrected chi connectivity index (χ0v) is 15.1. The molecule has 122 valence electrons. The molecule has 0 bridgehead atoms. The maximum absolute atomic E-state index is 12.3. The molecule has 0 radical (unpaired) electrons. The smallest absolute Gasteiger partial charge is 0.234 e. The van der Waals surface area contributed by atoms with Crippen molar-refractivity contribution in [1.29, 1.82) is 0 Å². The van der Waals surface area contributed by atoms with Gasteiger partial charge in [0.25, 0.3) is 0 Å². The summed E-state index contributed by atoms with van der Waals surface area (Å²) in [6.07, 6.45) is 1.80. The van der Waals surface area contributed by atoms with Crippen LogP contribution in [-0.2, 0) is 17.9 Å². The van der Waals surface area contributed by atoms with Crippen LogP contribution in [0.3, 0.4) is 0 Å². The van der Waals surface area contributed by atoms with Crippen LogP contribution in [0.15, 0.2) is 35.1 Å². The first kappa shape index (κ1) is 16.5. The Morgan fingerprint density at radius 3 is 3.00 bits per heavy atom. The fraction of sp³-hybridized carbons (Fsp3) is 0.375. The first-order chi connectivity index (χ1) is 11.0. The molecule has 2 heterocycles. The van der Waals surface area contributed by atoms with Crippen molar-refractivity contribution in [1.82, 2.24) is 19.8 Å².